The molecule has 1 atom stereocenters. The fraction of sp³-hybridized carbons (Fsp3) is 0.464. The molecular formula is C28H32N4O3. The minimum absolute atomic E-state index is 0.0988. The topological polar surface area (TPSA) is 73.0 Å². The number of rotatable bonds is 5. The van der Waals surface area contributed by atoms with Crippen LogP contribution in [0.5, 0.6) is 0 Å². The van der Waals surface area contributed by atoms with Gasteiger partial charge in [0.2, 0.25) is 11.8 Å². The zero-order valence-corrected chi connectivity index (χ0v) is 20.0. The van der Waals surface area contributed by atoms with E-state index in [2.05, 4.69) is 51.5 Å². The average molecular weight is 473 g/mol. The molecule has 2 aromatic rings. The van der Waals surface area contributed by atoms with Crippen molar-refractivity contribution in [3.63, 3.8) is 0 Å². The average Bonchev–Trinajstić information content (AvgIpc) is 3.19. The molecular weight excluding hydrogens is 440 g/mol. The number of imide groups is 1. The van der Waals surface area contributed by atoms with Gasteiger partial charge in [-0.1, -0.05) is 36.4 Å². The van der Waals surface area contributed by atoms with Crippen molar-refractivity contribution < 1.29 is 14.4 Å². The van der Waals surface area contributed by atoms with Gasteiger partial charge in [-0.2, -0.15) is 0 Å². The van der Waals surface area contributed by atoms with Crippen molar-refractivity contribution in [1.82, 2.24) is 15.1 Å². The van der Waals surface area contributed by atoms with Crippen molar-refractivity contribution in [2.75, 3.05) is 37.6 Å². The molecule has 35 heavy (non-hydrogen) atoms. The van der Waals surface area contributed by atoms with Crippen LogP contribution in [0.4, 0.5) is 5.69 Å². The van der Waals surface area contributed by atoms with Crippen LogP contribution in [0, 0.1) is 5.41 Å². The smallest absolute Gasteiger partial charge is 0.255 e. The van der Waals surface area contributed by atoms with E-state index in [9.17, 15) is 14.4 Å². The molecule has 1 spiro atoms. The molecule has 6 rings (SSSR count). The molecule has 0 bridgehead atoms. The largest absolute Gasteiger partial charge is 0.370 e. The summed E-state index contributed by atoms with van der Waals surface area (Å²) in [5, 5.41) is 2.39. The zero-order chi connectivity index (χ0) is 24.0. The number of carbonyl (C=O) groups is 3. The highest BCUT2D eigenvalue weighted by molar-refractivity contribution is 6.06. The summed E-state index contributed by atoms with van der Waals surface area (Å²) >= 11 is 0. The van der Waals surface area contributed by atoms with Gasteiger partial charge in [0.05, 0.1) is 0 Å². The van der Waals surface area contributed by atoms with Crippen molar-refractivity contribution in [3.05, 3.63) is 65.2 Å². The van der Waals surface area contributed by atoms with E-state index in [0.29, 0.717) is 23.9 Å². The minimum Gasteiger partial charge on any atom is -0.370 e. The molecule has 4 aliphatic rings. The van der Waals surface area contributed by atoms with E-state index in [4.69, 9.17) is 0 Å². The third-order valence-electron chi connectivity index (χ3n) is 8.43. The third kappa shape index (κ3) is 4.12. The molecule has 3 saturated heterocycles. The fourth-order valence-corrected chi connectivity index (χ4v) is 6.30. The van der Waals surface area contributed by atoms with Gasteiger partial charge >= 0.3 is 0 Å². The highest BCUT2D eigenvalue weighted by Crippen LogP contribution is 2.45. The van der Waals surface area contributed by atoms with Crippen LogP contribution in [0.25, 0.3) is 0 Å². The molecule has 0 aromatic heterocycles. The van der Waals surface area contributed by atoms with Gasteiger partial charge in [-0.05, 0) is 56.5 Å². The number of piperidine rings is 2. The number of nitrogens with zero attached hydrogens (tertiary/aromatic N) is 3. The van der Waals surface area contributed by atoms with Crippen LogP contribution in [0.2, 0.25) is 0 Å². The summed E-state index contributed by atoms with van der Waals surface area (Å²) in [6.45, 7) is 5.91. The molecule has 0 saturated carbocycles. The standard InChI is InChI=1S/C28H32N4O3/c33-25-10-9-24(26(34)29-25)32-17-22-21(27(32)35)7-4-8-23(22)31-18-28(19-31)12-15-30(16-13-28)14-11-20-5-2-1-3-6-20/h1-8,24H,9-19H2,(H,29,33,34). The summed E-state index contributed by atoms with van der Waals surface area (Å²) in [5.41, 5.74) is 4.63. The molecule has 3 amide bonds. The molecule has 0 aliphatic carbocycles. The lowest BCUT2D eigenvalue weighted by molar-refractivity contribution is -0.136. The second kappa shape index (κ2) is 8.79. The number of likely N-dealkylation sites (tertiary alicyclic amines) is 1. The van der Waals surface area contributed by atoms with E-state index in [1.807, 2.05) is 12.1 Å². The first-order chi connectivity index (χ1) is 17.0. The summed E-state index contributed by atoms with van der Waals surface area (Å²) in [7, 11) is 0. The Bertz CT molecular complexity index is 1150. The molecule has 0 radical (unpaired) electrons. The molecule has 1 N–H and O–H groups in total. The Labute approximate surface area is 206 Å². The summed E-state index contributed by atoms with van der Waals surface area (Å²) in [5.74, 6) is -0.711. The maximum atomic E-state index is 13.1. The van der Waals surface area contributed by atoms with E-state index in [-0.39, 0.29) is 24.1 Å². The van der Waals surface area contributed by atoms with E-state index >= 15 is 0 Å². The normalized spacial score (nSPS) is 23.9. The van der Waals surface area contributed by atoms with Gasteiger partial charge in [0.1, 0.15) is 6.04 Å². The highest BCUT2D eigenvalue weighted by Gasteiger charge is 2.47. The van der Waals surface area contributed by atoms with E-state index < -0.39 is 6.04 Å². The Kier molecular flexibility index (Phi) is 5.60. The summed E-state index contributed by atoms with van der Waals surface area (Å²) in [4.78, 5) is 43.7. The first kappa shape index (κ1) is 22.3. The molecule has 1 unspecified atom stereocenters. The molecule has 182 valence electrons. The molecule has 7 heteroatoms. The predicted octanol–water partition coefficient (Wildman–Crippen LogP) is 2.59. The third-order valence-corrected chi connectivity index (χ3v) is 8.43. The lowest BCUT2D eigenvalue weighted by atomic mass is 9.71. The maximum absolute atomic E-state index is 13.1. The Balaban J connectivity index is 1.07. The second-order valence-corrected chi connectivity index (χ2v) is 10.6. The molecule has 2 aromatic carbocycles. The Hall–Kier alpha value is -3.19. The quantitative estimate of drug-likeness (QED) is 0.678. The molecule has 7 nitrogen and oxygen atoms in total. The zero-order valence-electron chi connectivity index (χ0n) is 20.0. The SMILES string of the molecule is O=C1CCC(N2Cc3c(cccc3N3CC4(CCN(CCc5ccccc5)CC4)C3)C2=O)C(=O)N1. The number of fused-ring (bicyclic) bond motifs is 1. The number of hydrogen-bond acceptors (Lipinski definition) is 5. The van der Waals surface area contributed by atoms with E-state index in [1.54, 1.807) is 4.90 Å². The Morgan fingerprint density at radius 3 is 2.46 bits per heavy atom. The van der Waals surface area contributed by atoms with Gasteiger partial charge in [-0.3, -0.25) is 19.7 Å². The van der Waals surface area contributed by atoms with Gasteiger partial charge < -0.3 is 14.7 Å². The summed E-state index contributed by atoms with van der Waals surface area (Å²) < 4.78 is 0. The van der Waals surface area contributed by atoms with Crippen LogP contribution in [-0.4, -0.2) is 66.3 Å². The predicted molar refractivity (Wildman–Crippen MR) is 133 cm³/mol. The lowest BCUT2D eigenvalue weighted by Gasteiger charge is -2.55. The van der Waals surface area contributed by atoms with Crippen molar-refractivity contribution >= 4 is 23.4 Å². The van der Waals surface area contributed by atoms with Crippen LogP contribution < -0.4 is 10.2 Å². The summed E-state index contributed by atoms with van der Waals surface area (Å²) in [6, 6.07) is 16.1. The van der Waals surface area contributed by atoms with Crippen LogP contribution in [0.15, 0.2) is 48.5 Å². The van der Waals surface area contributed by atoms with Crippen molar-refractivity contribution in [2.45, 2.75) is 44.7 Å². The van der Waals surface area contributed by atoms with Gasteiger partial charge in [0.25, 0.3) is 5.91 Å². The number of nitrogens with one attached hydrogen (secondary N) is 1. The molecule has 4 aliphatic heterocycles. The van der Waals surface area contributed by atoms with Crippen LogP contribution >= 0.6 is 0 Å². The van der Waals surface area contributed by atoms with E-state index in [0.717, 1.165) is 50.4 Å². The van der Waals surface area contributed by atoms with Gasteiger partial charge in [0.15, 0.2) is 0 Å². The maximum Gasteiger partial charge on any atom is 0.255 e. The summed E-state index contributed by atoms with van der Waals surface area (Å²) in [6.07, 6.45) is 4.21. The first-order valence-electron chi connectivity index (χ1n) is 12.8. The second-order valence-electron chi connectivity index (χ2n) is 10.6. The van der Waals surface area contributed by atoms with Crippen LogP contribution in [0.1, 0.15) is 47.2 Å². The van der Waals surface area contributed by atoms with Gasteiger partial charge in [0, 0.05) is 54.8 Å². The Morgan fingerprint density at radius 1 is 0.943 bits per heavy atom. The monoisotopic (exact) mass is 472 g/mol. The van der Waals surface area contributed by atoms with Crippen molar-refractivity contribution in [3.8, 4) is 0 Å². The Morgan fingerprint density at radius 2 is 1.71 bits per heavy atom. The van der Waals surface area contributed by atoms with Crippen LogP contribution in [-0.2, 0) is 22.6 Å². The van der Waals surface area contributed by atoms with Gasteiger partial charge in [-0.25, -0.2) is 0 Å². The van der Waals surface area contributed by atoms with Crippen molar-refractivity contribution in [2.24, 2.45) is 5.41 Å². The molecule has 3 fully saturated rings. The highest BCUT2D eigenvalue weighted by atomic mass is 16.2. The number of anilines is 1. The van der Waals surface area contributed by atoms with Crippen molar-refractivity contribution in [1.29, 1.82) is 0 Å². The number of hydrogen-bond donors (Lipinski definition) is 1. The number of amides is 3. The number of benzene rings is 2. The lowest BCUT2D eigenvalue weighted by Crippen LogP contribution is -2.60. The molecule has 4 heterocycles. The first-order valence-corrected chi connectivity index (χ1v) is 12.8. The fourth-order valence-electron chi connectivity index (χ4n) is 6.30. The number of carbonyl (C=O) groups excluding carboxylic acids is 3. The van der Waals surface area contributed by atoms with Gasteiger partial charge in [-0.15, -0.1) is 0 Å². The van der Waals surface area contributed by atoms with Crippen LogP contribution in [0.3, 0.4) is 0 Å². The minimum atomic E-state index is -0.566. The van der Waals surface area contributed by atoms with E-state index in [1.165, 1.54) is 18.4 Å².